The quantitative estimate of drug-likeness (QED) is 0.199. The molecule has 0 fully saturated rings. The van der Waals surface area contributed by atoms with E-state index in [2.05, 4.69) is 0 Å². The summed E-state index contributed by atoms with van der Waals surface area (Å²) >= 11 is 0. The van der Waals surface area contributed by atoms with Crippen molar-refractivity contribution in [2.24, 2.45) is 5.41 Å². The van der Waals surface area contributed by atoms with Crippen LogP contribution in [0.25, 0.3) is 0 Å². The fourth-order valence-electron chi connectivity index (χ4n) is 2.30. The third-order valence-corrected chi connectivity index (χ3v) is 4.06. The van der Waals surface area contributed by atoms with Gasteiger partial charge in [-0.05, 0) is 26.7 Å². The summed E-state index contributed by atoms with van der Waals surface area (Å²) in [5.74, 6) is -1.16. The molecule has 0 aliphatic carbocycles. The van der Waals surface area contributed by atoms with Crippen LogP contribution in [0.4, 0.5) is 0 Å². The van der Waals surface area contributed by atoms with Crippen molar-refractivity contribution in [3.8, 4) is 0 Å². The number of hydrogen-bond acceptors (Lipinski definition) is 8. The molecule has 0 bridgehead atoms. The molecule has 0 aromatic heterocycles. The Hall–Kier alpha value is -1.22. The van der Waals surface area contributed by atoms with E-state index < -0.39 is 17.4 Å². The SMILES string of the molecule is CCOCCOCCOC(=O)C(CC)(CC)C(=O)OCCOCCOCC. The molecule has 0 aromatic carbocycles. The van der Waals surface area contributed by atoms with Gasteiger partial charge in [0.15, 0.2) is 5.41 Å². The lowest BCUT2D eigenvalue weighted by Crippen LogP contribution is -2.42. The first-order valence-electron chi connectivity index (χ1n) is 9.74. The lowest BCUT2D eigenvalue weighted by Gasteiger charge is -2.26. The van der Waals surface area contributed by atoms with Crippen LogP contribution < -0.4 is 0 Å². The van der Waals surface area contributed by atoms with Gasteiger partial charge in [0, 0.05) is 13.2 Å². The second-order valence-electron chi connectivity index (χ2n) is 5.68. The van der Waals surface area contributed by atoms with Gasteiger partial charge in [-0.1, -0.05) is 13.8 Å². The molecule has 0 aliphatic rings. The predicted octanol–water partition coefficient (Wildman–Crippen LogP) is 1.99. The van der Waals surface area contributed by atoms with Gasteiger partial charge in [-0.15, -0.1) is 0 Å². The van der Waals surface area contributed by atoms with Crippen LogP contribution in [0.2, 0.25) is 0 Å². The van der Waals surface area contributed by atoms with Crippen molar-refractivity contribution in [3.63, 3.8) is 0 Å². The van der Waals surface area contributed by atoms with Crippen molar-refractivity contribution in [2.45, 2.75) is 40.5 Å². The summed E-state index contributed by atoms with van der Waals surface area (Å²) < 4.78 is 31.4. The Balaban J connectivity index is 4.21. The lowest BCUT2D eigenvalue weighted by atomic mass is 9.82. The topological polar surface area (TPSA) is 89.5 Å². The minimum absolute atomic E-state index is 0.0839. The molecule has 8 heteroatoms. The molecule has 0 saturated heterocycles. The third kappa shape index (κ3) is 10.6. The van der Waals surface area contributed by atoms with Crippen LogP contribution >= 0.6 is 0 Å². The smallest absolute Gasteiger partial charge is 0.323 e. The Morgan fingerprint density at radius 3 is 1.22 bits per heavy atom. The van der Waals surface area contributed by atoms with Crippen molar-refractivity contribution in [2.75, 3.05) is 66.1 Å². The minimum atomic E-state index is -1.29. The van der Waals surface area contributed by atoms with Crippen LogP contribution in [0.1, 0.15) is 40.5 Å². The van der Waals surface area contributed by atoms with Crippen LogP contribution in [0, 0.1) is 5.41 Å². The highest BCUT2D eigenvalue weighted by molar-refractivity contribution is 5.99. The van der Waals surface area contributed by atoms with Gasteiger partial charge < -0.3 is 28.4 Å². The zero-order chi connectivity index (χ0) is 20.4. The first-order chi connectivity index (χ1) is 13.1. The Bertz CT molecular complexity index is 350. The number of hydrogen-bond donors (Lipinski definition) is 0. The molecular weight excluding hydrogens is 356 g/mol. The number of esters is 2. The van der Waals surface area contributed by atoms with Crippen molar-refractivity contribution in [1.29, 1.82) is 0 Å². The molecule has 0 heterocycles. The molecule has 0 N–H and O–H groups in total. The molecule has 8 nitrogen and oxygen atoms in total. The average Bonchev–Trinajstić information content (AvgIpc) is 2.68. The minimum Gasteiger partial charge on any atom is -0.462 e. The highest BCUT2D eigenvalue weighted by atomic mass is 16.6. The first kappa shape index (κ1) is 25.8. The van der Waals surface area contributed by atoms with Crippen LogP contribution in [0.5, 0.6) is 0 Å². The number of ether oxygens (including phenoxy) is 6. The maximum atomic E-state index is 12.5. The van der Waals surface area contributed by atoms with Gasteiger partial charge in [0.25, 0.3) is 0 Å². The van der Waals surface area contributed by atoms with Crippen molar-refractivity contribution in [3.05, 3.63) is 0 Å². The van der Waals surface area contributed by atoms with E-state index in [0.717, 1.165) is 0 Å². The molecule has 0 rings (SSSR count). The van der Waals surface area contributed by atoms with E-state index in [-0.39, 0.29) is 26.4 Å². The summed E-state index contributed by atoms with van der Waals surface area (Å²) in [6.07, 6.45) is 0.606. The zero-order valence-electron chi connectivity index (χ0n) is 17.3. The molecule has 0 amide bonds. The lowest BCUT2D eigenvalue weighted by molar-refractivity contribution is -0.175. The molecule has 160 valence electrons. The monoisotopic (exact) mass is 392 g/mol. The first-order valence-corrected chi connectivity index (χ1v) is 9.74. The fraction of sp³-hybridized carbons (Fsp3) is 0.895. The largest absolute Gasteiger partial charge is 0.462 e. The maximum Gasteiger partial charge on any atom is 0.323 e. The summed E-state index contributed by atoms with van der Waals surface area (Å²) in [6.45, 7) is 11.2. The standard InChI is InChI=1S/C19H36O8/c1-5-19(6-2,17(20)26-15-13-24-11-9-22-7-3)18(21)27-16-14-25-12-10-23-8-4/h5-16H2,1-4H3. The van der Waals surface area contributed by atoms with E-state index in [1.54, 1.807) is 13.8 Å². The molecule has 0 unspecified atom stereocenters. The second-order valence-corrected chi connectivity index (χ2v) is 5.68. The van der Waals surface area contributed by atoms with E-state index in [9.17, 15) is 9.59 Å². The number of carbonyl (C=O) groups is 2. The highest BCUT2D eigenvalue weighted by Gasteiger charge is 2.45. The molecule has 0 radical (unpaired) electrons. The Morgan fingerprint density at radius 2 is 0.889 bits per heavy atom. The summed E-state index contributed by atoms with van der Waals surface area (Å²) in [5.41, 5.74) is -1.29. The van der Waals surface area contributed by atoms with Crippen molar-refractivity contribution in [1.82, 2.24) is 0 Å². The van der Waals surface area contributed by atoms with Gasteiger partial charge in [0.2, 0.25) is 0 Å². The Morgan fingerprint density at radius 1 is 0.556 bits per heavy atom. The molecular formula is C19H36O8. The number of carbonyl (C=O) groups excluding carboxylic acids is 2. The van der Waals surface area contributed by atoms with Crippen LogP contribution in [-0.4, -0.2) is 78.0 Å². The molecule has 0 aliphatic heterocycles. The van der Waals surface area contributed by atoms with Gasteiger partial charge in [-0.2, -0.15) is 0 Å². The summed E-state index contributed by atoms with van der Waals surface area (Å²) in [7, 11) is 0. The summed E-state index contributed by atoms with van der Waals surface area (Å²) in [5, 5.41) is 0. The normalized spacial score (nSPS) is 11.4. The molecule has 27 heavy (non-hydrogen) atoms. The Labute approximate surface area is 162 Å². The fourth-order valence-corrected chi connectivity index (χ4v) is 2.30. The van der Waals surface area contributed by atoms with Crippen LogP contribution in [0.3, 0.4) is 0 Å². The van der Waals surface area contributed by atoms with Crippen molar-refractivity contribution >= 4 is 11.9 Å². The van der Waals surface area contributed by atoms with E-state index in [0.29, 0.717) is 52.5 Å². The van der Waals surface area contributed by atoms with Gasteiger partial charge >= 0.3 is 11.9 Å². The van der Waals surface area contributed by atoms with Gasteiger partial charge in [0.1, 0.15) is 13.2 Å². The van der Waals surface area contributed by atoms with Crippen LogP contribution in [-0.2, 0) is 38.0 Å². The van der Waals surface area contributed by atoms with Crippen LogP contribution in [0.15, 0.2) is 0 Å². The summed E-state index contributed by atoms with van der Waals surface area (Å²) in [4.78, 5) is 24.9. The van der Waals surface area contributed by atoms with Crippen molar-refractivity contribution < 1.29 is 38.0 Å². The van der Waals surface area contributed by atoms with Gasteiger partial charge in [-0.25, -0.2) is 0 Å². The van der Waals surface area contributed by atoms with Gasteiger partial charge in [-0.3, -0.25) is 9.59 Å². The van der Waals surface area contributed by atoms with E-state index in [4.69, 9.17) is 28.4 Å². The second kappa shape index (κ2) is 16.9. The van der Waals surface area contributed by atoms with E-state index in [1.165, 1.54) is 0 Å². The molecule has 0 aromatic rings. The van der Waals surface area contributed by atoms with E-state index in [1.807, 2.05) is 13.8 Å². The number of rotatable bonds is 18. The maximum absolute atomic E-state index is 12.5. The van der Waals surface area contributed by atoms with E-state index >= 15 is 0 Å². The van der Waals surface area contributed by atoms with Gasteiger partial charge in [0.05, 0.1) is 39.6 Å². The Kier molecular flexibility index (Phi) is 16.2. The molecule has 0 spiro atoms. The average molecular weight is 392 g/mol. The summed E-state index contributed by atoms with van der Waals surface area (Å²) in [6, 6.07) is 0. The highest BCUT2D eigenvalue weighted by Crippen LogP contribution is 2.30. The zero-order valence-corrected chi connectivity index (χ0v) is 17.3. The molecule has 0 saturated carbocycles. The predicted molar refractivity (Wildman–Crippen MR) is 99.6 cm³/mol. The third-order valence-electron chi connectivity index (χ3n) is 4.06. The molecule has 0 atom stereocenters.